The standard InChI is InChI=1S/C13H25N3O3S/c1-2-16-9-11(7-13(16)17)20(18,19)15-12(8-14)10-5-3-4-6-10/h10-12,15H,2-9,14H2,1H3. The Morgan fingerprint density at radius 2 is 2.05 bits per heavy atom. The molecule has 0 bridgehead atoms. The number of nitrogens with one attached hydrogen (secondary N) is 1. The van der Waals surface area contributed by atoms with E-state index in [0.717, 1.165) is 25.7 Å². The Morgan fingerprint density at radius 1 is 1.40 bits per heavy atom. The number of sulfonamides is 1. The van der Waals surface area contributed by atoms with Gasteiger partial charge in [-0.05, 0) is 25.7 Å². The van der Waals surface area contributed by atoms with Gasteiger partial charge in [-0.25, -0.2) is 13.1 Å². The topological polar surface area (TPSA) is 92.5 Å². The van der Waals surface area contributed by atoms with Crippen LogP contribution in [0.15, 0.2) is 0 Å². The van der Waals surface area contributed by atoms with E-state index in [1.807, 2.05) is 6.92 Å². The molecule has 1 aliphatic carbocycles. The van der Waals surface area contributed by atoms with Crippen molar-refractivity contribution in [3.05, 3.63) is 0 Å². The van der Waals surface area contributed by atoms with Crippen molar-refractivity contribution in [3.8, 4) is 0 Å². The summed E-state index contributed by atoms with van der Waals surface area (Å²) in [5.74, 6) is 0.266. The van der Waals surface area contributed by atoms with Crippen LogP contribution in [0.5, 0.6) is 0 Å². The molecule has 1 saturated carbocycles. The summed E-state index contributed by atoms with van der Waals surface area (Å²) >= 11 is 0. The molecule has 0 spiro atoms. The average Bonchev–Trinajstić information content (AvgIpc) is 3.05. The molecule has 2 fully saturated rings. The first kappa shape index (κ1) is 15.7. The first-order valence-corrected chi connectivity index (χ1v) is 9.01. The van der Waals surface area contributed by atoms with Crippen LogP contribution in [0, 0.1) is 5.92 Å². The molecule has 0 aromatic heterocycles. The van der Waals surface area contributed by atoms with E-state index in [4.69, 9.17) is 5.73 Å². The van der Waals surface area contributed by atoms with Crippen LogP contribution in [0.4, 0.5) is 0 Å². The first-order chi connectivity index (χ1) is 9.47. The van der Waals surface area contributed by atoms with Gasteiger partial charge in [-0.15, -0.1) is 0 Å². The fraction of sp³-hybridized carbons (Fsp3) is 0.923. The minimum absolute atomic E-state index is 0.0759. The van der Waals surface area contributed by atoms with Gasteiger partial charge in [-0.3, -0.25) is 4.79 Å². The molecule has 2 unspecified atom stereocenters. The second-order valence-corrected chi connectivity index (χ2v) is 7.80. The van der Waals surface area contributed by atoms with Gasteiger partial charge < -0.3 is 10.6 Å². The van der Waals surface area contributed by atoms with E-state index in [1.54, 1.807) is 4.90 Å². The molecule has 7 heteroatoms. The average molecular weight is 303 g/mol. The number of rotatable bonds is 6. The Balaban J connectivity index is 2.01. The van der Waals surface area contributed by atoms with Crippen molar-refractivity contribution in [2.45, 2.75) is 50.3 Å². The summed E-state index contributed by atoms with van der Waals surface area (Å²) < 4.78 is 27.6. The number of likely N-dealkylation sites (tertiary alicyclic amines) is 1. The molecule has 1 saturated heterocycles. The van der Waals surface area contributed by atoms with Crippen LogP contribution in [0.1, 0.15) is 39.0 Å². The molecule has 6 nitrogen and oxygen atoms in total. The lowest BCUT2D eigenvalue weighted by Crippen LogP contribution is -2.48. The zero-order valence-corrected chi connectivity index (χ0v) is 12.9. The number of nitrogens with two attached hydrogens (primary N) is 1. The zero-order valence-electron chi connectivity index (χ0n) is 12.0. The number of nitrogens with zero attached hydrogens (tertiary/aromatic N) is 1. The molecule has 1 heterocycles. The monoisotopic (exact) mass is 303 g/mol. The Bertz CT molecular complexity index is 446. The van der Waals surface area contributed by atoms with Gasteiger partial charge in [0.05, 0.1) is 0 Å². The van der Waals surface area contributed by atoms with Crippen LogP contribution in [-0.2, 0) is 14.8 Å². The molecule has 116 valence electrons. The maximum Gasteiger partial charge on any atom is 0.224 e. The summed E-state index contributed by atoms with van der Waals surface area (Å²) in [6, 6.07) is -0.187. The van der Waals surface area contributed by atoms with Crippen LogP contribution in [-0.4, -0.2) is 50.2 Å². The van der Waals surface area contributed by atoms with E-state index in [0.29, 0.717) is 25.6 Å². The van der Waals surface area contributed by atoms with Crippen molar-refractivity contribution in [2.75, 3.05) is 19.6 Å². The second-order valence-electron chi connectivity index (χ2n) is 5.81. The molecule has 2 atom stereocenters. The summed E-state index contributed by atoms with van der Waals surface area (Å²) in [6.45, 7) is 3.05. The Kier molecular flexibility index (Phi) is 5.04. The maximum absolute atomic E-state index is 12.4. The van der Waals surface area contributed by atoms with Gasteiger partial charge in [-0.1, -0.05) is 12.8 Å². The van der Waals surface area contributed by atoms with Gasteiger partial charge >= 0.3 is 0 Å². The van der Waals surface area contributed by atoms with E-state index >= 15 is 0 Å². The fourth-order valence-electron chi connectivity index (χ4n) is 3.25. The third-order valence-corrected chi connectivity index (χ3v) is 6.36. The highest BCUT2D eigenvalue weighted by Crippen LogP contribution is 2.28. The Morgan fingerprint density at radius 3 is 2.55 bits per heavy atom. The van der Waals surface area contributed by atoms with Gasteiger partial charge in [0.25, 0.3) is 0 Å². The quantitative estimate of drug-likeness (QED) is 0.725. The second kappa shape index (κ2) is 6.41. The van der Waals surface area contributed by atoms with Crippen molar-refractivity contribution >= 4 is 15.9 Å². The molecule has 0 radical (unpaired) electrons. The molecule has 0 aromatic rings. The molecule has 1 aliphatic heterocycles. The minimum Gasteiger partial charge on any atom is -0.342 e. The van der Waals surface area contributed by atoms with Crippen LogP contribution >= 0.6 is 0 Å². The van der Waals surface area contributed by atoms with Crippen molar-refractivity contribution in [2.24, 2.45) is 11.7 Å². The van der Waals surface area contributed by atoms with E-state index in [2.05, 4.69) is 4.72 Å². The lowest BCUT2D eigenvalue weighted by molar-refractivity contribution is -0.127. The minimum atomic E-state index is -3.48. The Hall–Kier alpha value is -0.660. The summed E-state index contributed by atoms with van der Waals surface area (Å²) in [5.41, 5.74) is 5.73. The van der Waals surface area contributed by atoms with Crippen LogP contribution < -0.4 is 10.5 Å². The highest BCUT2D eigenvalue weighted by molar-refractivity contribution is 7.90. The lowest BCUT2D eigenvalue weighted by atomic mass is 9.99. The number of hydrogen-bond donors (Lipinski definition) is 2. The van der Waals surface area contributed by atoms with Gasteiger partial charge in [0.15, 0.2) is 0 Å². The van der Waals surface area contributed by atoms with E-state index in [1.165, 1.54) is 0 Å². The molecular weight excluding hydrogens is 278 g/mol. The smallest absolute Gasteiger partial charge is 0.224 e. The summed E-state index contributed by atoms with van der Waals surface area (Å²) in [6.07, 6.45) is 4.46. The number of hydrogen-bond acceptors (Lipinski definition) is 4. The third kappa shape index (κ3) is 3.32. The number of carbonyl (C=O) groups is 1. The molecule has 2 rings (SSSR count). The summed E-state index contributed by atoms with van der Waals surface area (Å²) in [5, 5.41) is -0.634. The van der Waals surface area contributed by atoms with Crippen molar-refractivity contribution in [3.63, 3.8) is 0 Å². The van der Waals surface area contributed by atoms with Crippen LogP contribution in [0.25, 0.3) is 0 Å². The van der Waals surface area contributed by atoms with E-state index in [9.17, 15) is 13.2 Å². The normalized spacial score (nSPS) is 26.4. The molecule has 2 aliphatic rings. The maximum atomic E-state index is 12.4. The SMILES string of the molecule is CCN1CC(S(=O)(=O)NC(CN)C2CCCC2)CC1=O. The molecule has 1 amide bonds. The predicted octanol–water partition coefficient (Wildman–Crippen LogP) is 0.0441. The van der Waals surface area contributed by atoms with Crippen molar-refractivity contribution in [1.29, 1.82) is 0 Å². The van der Waals surface area contributed by atoms with Crippen molar-refractivity contribution in [1.82, 2.24) is 9.62 Å². The van der Waals surface area contributed by atoms with E-state index < -0.39 is 15.3 Å². The molecule has 20 heavy (non-hydrogen) atoms. The number of amides is 1. The Labute approximate surface area is 121 Å². The van der Waals surface area contributed by atoms with Crippen molar-refractivity contribution < 1.29 is 13.2 Å². The summed E-state index contributed by atoms with van der Waals surface area (Å²) in [7, 11) is -3.48. The summed E-state index contributed by atoms with van der Waals surface area (Å²) in [4.78, 5) is 13.3. The van der Waals surface area contributed by atoms with Gasteiger partial charge in [0, 0.05) is 32.1 Å². The van der Waals surface area contributed by atoms with Gasteiger partial charge in [0.1, 0.15) is 5.25 Å². The van der Waals surface area contributed by atoms with Crippen LogP contribution in [0.2, 0.25) is 0 Å². The van der Waals surface area contributed by atoms with Gasteiger partial charge in [0.2, 0.25) is 15.9 Å². The van der Waals surface area contributed by atoms with Gasteiger partial charge in [-0.2, -0.15) is 0 Å². The largest absolute Gasteiger partial charge is 0.342 e. The zero-order chi connectivity index (χ0) is 14.8. The number of carbonyl (C=O) groups excluding carboxylic acids is 1. The molecular formula is C13H25N3O3S. The third-order valence-electron chi connectivity index (χ3n) is 4.54. The van der Waals surface area contributed by atoms with E-state index in [-0.39, 0.29) is 18.4 Å². The lowest BCUT2D eigenvalue weighted by Gasteiger charge is -2.24. The highest BCUT2D eigenvalue weighted by atomic mass is 32.2. The fourth-order valence-corrected chi connectivity index (χ4v) is 4.89. The first-order valence-electron chi connectivity index (χ1n) is 7.47. The molecule has 3 N–H and O–H groups in total. The molecule has 0 aromatic carbocycles. The predicted molar refractivity (Wildman–Crippen MR) is 77.5 cm³/mol. The highest BCUT2D eigenvalue weighted by Gasteiger charge is 2.39. The van der Waals surface area contributed by atoms with Crippen LogP contribution in [0.3, 0.4) is 0 Å².